The molecule has 2 atom stereocenters. The molecule has 1 aliphatic rings. The highest BCUT2D eigenvalue weighted by Crippen LogP contribution is 2.25. The van der Waals surface area contributed by atoms with Gasteiger partial charge in [0.05, 0.1) is 0 Å². The van der Waals surface area contributed by atoms with Crippen molar-refractivity contribution in [2.75, 3.05) is 0 Å². The van der Waals surface area contributed by atoms with Crippen LogP contribution in [0.15, 0.2) is 12.2 Å². The van der Waals surface area contributed by atoms with Crippen molar-refractivity contribution in [3.05, 3.63) is 12.2 Å². The average Bonchev–Trinajstić information content (AvgIpc) is 1.64. The molecule has 0 saturated heterocycles. The summed E-state index contributed by atoms with van der Waals surface area (Å²) in [5.41, 5.74) is 0. The van der Waals surface area contributed by atoms with Crippen LogP contribution in [0.25, 0.3) is 0 Å². The van der Waals surface area contributed by atoms with Crippen LogP contribution in [0.1, 0.15) is 20.3 Å². The quantitative estimate of drug-likeness (QED) is 0.451. The Hall–Kier alpha value is 0.0900. The average molecular weight is 128 g/mol. The van der Waals surface area contributed by atoms with Crippen molar-refractivity contribution in [3.8, 4) is 0 Å². The van der Waals surface area contributed by atoms with Gasteiger partial charge in [-0.25, -0.2) is 0 Å². The number of thioether (sulfide) groups is 1. The van der Waals surface area contributed by atoms with E-state index in [0.717, 1.165) is 10.5 Å². The third-order valence-electron chi connectivity index (χ3n) is 1.32. The van der Waals surface area contributed by atoms with Gasteiger partial charge in [-0.2, -0.15) is 11.8 Å². The van der Waals surface area contributed by atoms with Gasteiger partial charge in [-0.3, -0.25) is 0 Å². The molecule has 0 fully saturated rings. The third kappa shape index (κ3) is 1.55. The first-order valence-electron chi connectivity index (χ1n) is 3.11. The maximum absolute atomic E-state index is 2.28. The molecule has 0 aromatic rings. The molecular formula is C7H12S. The lowest BCUT2D eigenvalue weighted by molar-refractivity contribution is 0.946. The van der Waals surface area contributed by atoms with Crippen molar-refractivity contribution in [1.82, 2.24) is 0 Å². The van der Waals surface area contributed by atoms with Crippen LogP contribution in [0.5, 0.6) is 0 Å². The van der Waals surface area contributed by atoms with E-state index in [9.17, 15) is 0 Å². The van der Waals surface area contributed by atoms with Crippen LogP contribution in [-0.4, -0.2) is 10.5 Å². The zero-order valence-electron chi connectivity index (χ0n) is 5.42. The fraction of sp³-hybridized carbons (Fsp3) is 0.714. The van der Waals surface area contributed by atoms with E-state index in [-0.39, 0.29) is 0 Å². The Kier molecular flexibility index (Phi) is 2.01. The lowest BCUT2D eigenvalue weighted by atomic mass is 10.3. The predicted molar refractivity (Wildman–Crippen MR) is 40.3 cm³/mol. The summed E-state index contributed by atoms with van der Waals surface area (Å²) in [5, 5.41) is 1.59. The van der Waals surface area contributed by atoms with Crippen LogP contribution in [0.3, 0.4) is 0 Å². The summed E-state index contributed by atoms with van der Waals surface area (Å²) in [4.78, 5) is 0. The Morgan fingerprint density at radius 2 is 2.25 bits per heavy atom. The van der Waals surface area contributed by atoms with Crippen LogP contribution in [0.4, 0.5) is 0 Å². The van der Waals surface area contributed by atoms with Gasteiger partial charge in [-0.05, 0) is 13.3 Å². The van der Waals surface area contributed by atoms with Crippen molar-refractivity contribution in [1.29, 1.82) is 0 Å². The fourth-order valence-electron chi connectivity index (χ4n) is 0.929. The second-order valence-corrected chi connectivity index (χ2v) is 4.14. The summed E-state index contributed by atoms with van der Waals surface area (Å²) >= 11 is 2.05. The van der Waals surface area contributed by atoms with Crippen LogP contribution >= 0.6 is 11.8 Å². The molecule has 0 N–H and O–H groups in total. The minimum absolute atomic E-state index is 0.749. The first-order chi connectivity index (χ1) is 3.79. The standard InChI is InChI=1S/C7H12S/c1-6-4-3-5-7(2)8-6/h3-4,6-7H,5H2,1-2H3. The maximum atomic E-state index is 2.28. The van der Waals surface area contributed by atoms with E-state index in [1.807, 2.05) is 0 Å². The van der Waals surface area contributed by atoms with Gasteiger partial charge in [0.1, 0.15) is 0 Å². The highest BCUT2D eigenvalue weighted by Gasteiger charge is 2.08. The number of hydrogen-bond acceptors (Lipinski definition) is 1. The third-order valence-corrected chi connectivity index (χ3v) is 2.57. The summed E-state index contributed by atoms with van der Waals surface area (Å²) in [6.07, 6.45) is 5.82. The normalized spacial score (nSPS) is 37.8. The molecule has 0 saturated carbocycles. The topological polar surface area (TPSA) is 0 Å². The number of allylic oxidation sites excluding steroid dienone is 1. The molecule has 0 radical (unpaired) electrons. The molecule has 0 nitrogen and oxygen atoms in total. The Labute approximate surface area is 55.4 Å². The molecular weight excluding hydrogens is 116 g/mol. The largest absolute Gasteiger partial charge is 0.151 e. The second-order valence-electron chi connectivity index (χ2n) is 2.32. The molecule has 1 heterocycles. The lowest BCUT2D eigenvalue weighted by Gasteiger charge is -2.16. The molecule has 0 bridgehead atoms. The predicted octanol–water partition coefficient (Wildman–Crippen LogP) is 2.46. The summed E-state index contributed by atoms with van der Waals surface area (Å²) < 4.78 is 0. The Bertz CT molecular complexity index is 96.6. The van der Waals surface area contributed by atoms with Gasteiger partial charge in [-0.1, -0.05) is 19.1 Å². The molecule has 1 heteroatoms. The van der Waals surface area contributed by atoms with Gasteiger partial charge in [0.15, 0.2) is 0 Å². The molecule has 0 aromatic heterocycles. The van der Waals surface area contributed by atoms with Gasteiger partial charge in [0.2, 0.25) is 0 Å². The van der Waals surface area contributed by atoms with E-state index in [2.05, 4.69) is 37.8 Å². The minimum atomic E-state index is 0.749. The molecule has 1 aliphatic heterocycles. The van der Waals surface area contributed by atoms with Crippen molar-refractivity contribution < 1.29 is 0 Å². The lowest BCUT2D eigenvalue weighted by Crippen LogP contribution is -2.05. The first kappa shape index (κ1) is 6.21. The summed E-state index contributed by atoms with van der Waals surface area (Å²) in [7, 11) is 0. The SMILES string of the molecule is CC1C=CCC(C)S1. The second kappa shape index (κ2) is 2.58. The molecule has 0 spiro atoms. The van der Waals surface area contributed by atoms with Crippen molar-refractivity contribution in [2.24, 2.45) is 0 Å². The molecule has 0 aromatic carbocycles. The van der Waals surface area contributed by atoms with E-state index in [0.29, 0.717) is 0 Å². The van der Waals surface area contributed by atoms with E-state index in [1.54, 1.807) is 0 Å². The summed E-state index contributed by atoms with van der Waals surface area (Å²) in [6, 6.07) is 0. The van der Waals surface area contributed by atoms with Gasteiger partial charge in [0, 0.05) is 10.5 Å². The molecule has 0 amide bonds. The van der Waals surface area contributed by atoms with Crippen LogP contribution in [-0.2, 0) is 0 Å². The van der Waals surface area contributed by atoms with E-state index < -0.39 is 0 Å². The molecule has 8 heavy (non-hydrogen) atoms. The zero-order valence-corrected chi connectivity index (χ0v) is 6.24. The first-order valence-corrected chi connectivity index (χ1v) is 4.05. The van der Waals surface area contributed by atoms with Crippen molar-refractivity contribution in [2.45, 2.75) is 30.8 Å². The molecule has 1 rings (SSSR count). The van der Waals surface area contributed by atoms with E-state index >= 15 is 0 Å². The molecule has 2 unspecified atom stereocenters. The summed E-state index contributed by atoms with van der Waals surface area (Å²) in [5.74, 6) is 0. The Balaban J connectivity index is 2.42. The van der Waals surface area contributed by atoms with Crippen LogP contribution < -0.4 is 0 Å². The Morgan fingerprint density at radius 1 is 1.50 bits per heavy atom. The van der Waals surface area contributed by atoms with Gasteiger partial charge >= 0.3 is 0 Å². The fourth-order valence-corrected chi connectivity index (χ4v) is 2.09. The smallest absolute Gasteiger partial charge is 0.0201 e. The molecule has 0 aliphatic carbocycles. The van der Waals surface area contributed by atoms with Crippen molar-refractivity contribution in [3.63, 3.8) is 0 Å². The van der Waals surface area contributed by atoms with Crippen LogP contribution in [0, 0.1) is 0 Å². The zero-order chi connectivity index (χ0) is 5.98. The number of hydrogen-bond donors (Lipinski definition) is 0. The van der Waals surface area contributed by atoms with E-state index in [4.69, 9.17) is 0 Å². The Morgan fingerprint density at radius 3 is 2.62 bits per heavy atom. The minimum Gasteiger partial charge on any atom is -0.151 e. The molecule has 46 valence electrons. The van der Waals surface area contributed by atoms with Gasteiger partial charge in [-0.15, -0.1) is 0 Å². The highest BCUT2D eigenvalue weighted by atomic mass is 32.2. The maximum Gasteiger partial charge on any atom is 0.0201 e. The van der Waals surface area contributed by atoms with Gasteiger partial charge < -0.3 is 0 Å². The van der Waals surface area contributed by atoms with Crippen molar-refractivity contribution >= 4 is 11.8 Å². The highest BCUT2D eigenvalue weighted by molar-refractivity contribution is 8.00. The van der Waals surface area contributed by atoms with Crippen LogP contribution in [0.2, 0.25) is 0 Å². The summed E-state index contributed by atoms with van der Waals surface area (Å²) in [6.45, 7) is 4.53. The number of rotatable bonds is 0. The van der Waals surface area contributed by atoms with Gasteiger partial charge in [0.25, 0.3) is 0 Å². The van der Waals surface area contributed by atoms with E-state index in [1.165, 1.54) is 6.42 Å². The monoisotopic (exact) mass is 128 g/mol.